The maximum Gasteiger partial charge on any atom is 0.240 e. The third-order valence-electron chi connectivity index (χ3n) is 4.33. The molecule has 3 atom stereocenters. The Labute approximate surface area is 131 Å². The molecule has 1 saturated heterocycles. The van der Waals surface area contributed by atoms with Crippen LogP contribution in [-0.2, 0) is 4.79 Å². The second kappa shape index (κ2) is 7.20. The molecule has 0 aromatic heterocycles. The Hall–Kier alpha value is -1.46. The van der Waals surface area contributed by atoms with Gasteiger partial charge in [0, 0.05) is 6.04 Å². The summed E-state index contributed by atoms with van der Waals surface area (Å²) in [6.45, 7) is 4.65. The van der Waals surface area contributed by atoms with Gasteiger partial charge in [0.1, 0.15) is 5.82 Å². The van der Waals surface area contributed by atoms with Crippen molar-refractivity contribution in [3.63, 3.8) is 0 Å². The number of carbonyl (C=O) groups excluding carboxylic acids is 1. The van der Waals surface area contributed by atoms with Crippen LogP contribution in [-0.4, -0.2) is 29.1 Å². The van der Waals surface area contributed by atoms with Crippen molar-refractivity contribution in [1.82, 2.24) is 10.6 Å². The third kappa shape index (κ3) is 4.27. The first-order chi connectivity index (χ1) is 10.4. The molecule has 22 heavy (non-hydrogen) atoms. The largest absolute Gasteiger partial charge is 0.388 e. The minimum absolute atomic E-state index is 0.0222. The highest BCUT2D eigenvalue weighted by Gasteiger charge is 2.34. The lowest BCUT2D eigenvalue weighted by Crippen LogP contribution is -2.58. The zero-order valence-corrected chi connectivity index (χ0v) is 13.2. The fourth-order valence-corrected chi connectivity index (χ4v) is 2.85. The van der Waals surface area contributed by atoms with E-state index in [1.807, 2.05) is 13.8 Å². The van der Waals surface area contributed by atoms with E-state index in [2.05, 4.69) is 10.6 Å². The van der Waals surface area contributed by atoms with Crippen molar-refractivity contribution in [2.45, 2.75) is 57.2 Å². The summed E-state index contributed by atoms with van der Waals surface area (Å²) in [5.74, 6) is -0.348. The van der Waals surface area contributed by atoms with Crippen molar-refractivity contribution in [1.29, 1.82) is 0 Å². The summed E-state index contributed by atoms with van der Waals surface area (Å²) in [5.41, 5.74) is 0.136. The fourth-order valence-electron chi connectivity index (χ4n) is 2.85. The highest BCUT2D eigenvalue weighted by Crippen LogP contribution is 2.21. The zero-order chi connectivity index (χ0) is 16.2. The van der Waals surface area contributed by atoms with Crippen molar-refractivity contribution in [2.75, 3.05) is 6.54 Å². The number of benzene rings is 1. The number of rotatable bonds is 5. The first kappa shape index (κ1) is 16.9. The van der Waals surface area contributed by atoms with Crippen LogP contribution in [0.1, 0.15) is 51.2 Å². The molecule has 0 saturated carbocycles. The molecule has 1 aliphatic heterocycles. The Morgan fingerprint density at radius 1 is 1.41 bits per heavy atom. The first-order valence-electron chi connectivity index (χ1n) is 7.90. The van der Waals surface area contributed by atoms with Crippen LogP contribution in [0, 0.1) is 5.82 Å². The van der Waals surface area contributed by atoms with Gasteiger partial charge in [-0.2, -0.15) is 0 Å². The molecule has 1 aromatic rings. The maximum atomic E-state index is 12.9. The van der Waals surface area contributed by atoms with Gasteiger partial charge in [-0.15, -0.1) is 0 Å². The molecular weight excluding hydrogens is 283 g/mol. The molecule has 0 radical (unpaired) electrons. The number of hydrogen-bond donors (Lipinski definition) is 3. The van der Waals surface area contributed by atoms with Gasteiger partial charge in [-0.1, -0.05) is 12.1 Å². The van der Waals surface area contributed by atoms with Gasteiger partial charge in [0.15, 0.2) is 0 Å². The predicted octanol–water partition coefficient (Wildman–Crippen LogP) is 2.29. The molecule has 1 amide bonds. The molecular formula is C17H25FN2O2. The van der Waals surface area contributed by atoms with Crippen LogP contribution in [0.5, 0.6) is 0 Å². The number of amides is 1. The Balaban J connectivity index is 1.87. The van der Waals surface area contributed by atoms with Gasteiger partial charge in [-0.25, -0.2) is 4.39 Å². The summed E-state index contributed by atoms with van der Waals surface area (Å²) < 4.78 is 12.9. The quantitative estimate of drug-likeness (QED) is 0.782. The Bertz CT molecular complexity index is 498. The number of hydrogen-bond acceptors (Lipinski definition) is 3. The van der Waals surface area contributed by atoms with Crippen LogP contribution in [0.15, 0.2) is 24.3 Å². The van der Waals surface area contributed by atoms with Crippen LogP contribution in [0.4, 0.5) is 4.39 Å². The SMILES string of the molecule is CC(CC(O)c1ccc(F)cc1)NC(=O)C1(C)CCCCN1. The van der Waals surface area contributed by atoms with E-state index in [0.717, 1.165) is 25.8 Å². The molecule has 122 valence electrons. The standard InChI is InChI=1S/C17H25FN2O2/c1-12(11-15(21)13-5-7-14(18)8-6-13)20-16(22)17(2)9-3-4-10-19-17/h5-8,12,15,19,21H,3-4,9-11H2,1-2H3,(H,20,22). The normalized spacial score (nSPS) is 24.5. The molecule has 3 unspecified atom stereocenters. The molecule has 1 aromatic carbocycles. The summed E-state index contributed by atoms with van der Waals surface area (Å²) in [6, 6.07) is 5.63. The van der Waals surface area contributed by atoms with E-state index in [1.165, 1.54) is 12.1 Å². The minimum Gasteiger partial charge on any atom is -0.388 e. The van der Waals surface area contributed by atoms with E-state index in [0.29, 0.717) is 12.0 Å². The van der Waals surface area contributed by atoms with Gasteiger partial charge >= 0.3 is 0 Å². The van der Waals surface area contributed by atoms with Gasteiger partial charge in [0.25, 0.3) is 0 Å². The van der Waals surface area contributed by atoms with Gasteiger partial charge in [0.05, 0.1) is 11.6 Å². The van der Waals surface area contributed by atoms with Gasteiger partial charge in [-0.3, -0.25) is 4.79 Å². The van der Waals surface area contributed by atoms with Crippen molar-refractivity contribution in [3.05, 3.63) is 35.6 Å². The third-order valence-corrected chi connectivity index (χ3v) is 4.33. The Kier molecular flexibility index (Phi) is 5.53. The molecule has 0 spiro atoms. The van der Waals surface area contributed by atoms with E-state index in [1.54, 1.807) is 12.1 Å². The minimum atomic E-state index is -0.719. The number of piperidine rings is 1. The molecule has 1 heterocycles. The van der Waals surface area contributed by atoms with Crippen LogP contribution in [0.3, 0.4) is 0 Å². The summed E-state index contributed by atoms with van der Waals surface area (Å²) in [4.78, 5) is 12.4. The molecule has 1 aliphatic rings. The second-order valence-corrected chi connectivity index (χ2v) is 6.39. The molecule has 4 nitrogen and oxygen atoms in total. The highest BCUT2D eigenvalue weighted by molar-refractivity contribution is 5.86. The maximum absolute atomic E-state index is 12.9. The topological polar surface area (TPSA) is 61.4 Å². The summed E-state index contributed by atoms with van der Waals surface area (Å²) in [6.07, 6.45) is 2.65. The van der Waals surface area contributed by atoms with E-state index in [9.17, 15) is 14.3 Å². The highest BCUT2D eigenvalue weighted by atomic mass is 19.1. The Morgan fingerprint density at radius 3 is 2.68 bits per heavy atom. The lowest BCUT2D eigenvalue weighted by molar-refractivity contribution is -0.128. The monoisotopic (exact) mass is 308 g/mol. The van der Waals surface area contributed by atoms with Crippen molar-refractivity contribution in [3.8, 4) is 0 Å². The number of nitrogens with one attached hydrogen (secondary N) is 2. The summed E-state index contributed by atoms with van der Waals surface area (Å²) in [5, 5.41) is 16.4. The van der Waals surface area contributed by atoms with Crippen LogP contribution >= 0.6 is 0 Å². The number of aliphatic hydroxyl groups is 1. The molecule has 1 fully saturated rings. The van der Waals surface area contributed by atoms with Crippen LogP contribution in [0.25, 0.3) is 0 Å². The molecule has 0 aliphatic carbocycles. The number of aliphatic hydroxyl groups excluding tert-OH is 1. The van der Waals surface area contributed by atoms with Crippen molar-refractivity contribution >= 4 is 5.91 Å². The summed E-state index contributed by atoms with van der Waals surface area (Å²) >= 11 is 0. The number of carbonyl (C=O) groups is 1. The molecule has 2 rings (SSSR count). The lowest BCUT2D eigenvalue weighted by atomic mass is 9.89. The van der Waals surface area contributed by atoms with Crippen molar-refractivity contribution < 1.29 is 14.3 Å². The molecule has 0 bridgehead atoms. The van der Waals surface area contributed by atoms with E-state index in [-0.39, 0.29) is 17.8 Å². The smallest absolute Gasteiger partial charge is 0.240 e. The molecule has 3 N–H and O–H groups in total. The zero-order valence-electron chi connectivity index (χ0n) is 13.2. The van der Waals surface area contributed by atoms with Gasteiger partial charge in [0.2, 0.25) is 5.91 Å². The van der Waals surface area contributed by atoms with Gasteiger partial charge < -0.3 is 15.7 Å². The fraction of sp³-hybridized carbons (Fsp3) is 0.588. The van der Waals surface area contributed by atoms with Gasteiger partial charge in [-0.05, 0) is 63.8 Å². The second-order valence-electron chi connectivity index (χ2n) is 6.39. The summed E-state index contributed by atoms with van der Waals surface area (Å²) in [7, 11) is 0. The molecule has 5 heteroatoms. The average molecular weight is 308 g/mol. The van der Waals surface area contributed by atoms with Crippen LogP contribution < -0.4 is 10.6 Å². The van der Waals surface area contributed by atoms with E-state index >= 15 is 0 Å². The van der Waals surface area contributed by atoms with Crippen molar-refractivity contribution in [2.24, 2.45) is 0 Å². The Morgan fingerprint density at radius 2 is 2.09 bits per heavy atom. The van der Waals surface area contributed by atoms with Crippen LogP contribution in [0.2, 0.25) is 0 Å². The lowest BCUT2D eigenvalue weighted by Gasteiger charge is -2.34. The predicted molar refractivity (Wildman–Crippen MR) is 83.8 cm³/mol. The van der Waals surface area contributed by atoms with E-state index < -0.39 is 11.6 Å². The van der Waals surface area contributed by atoms with E-state index in [4.69, 9.17) is 0 Å². The first-order valence-corrected chi connectivity index (χ1v) is 7.90. The average Bonchev–Trinajstić information content (AvgIpc) is 2.48. The number of halogens is 1.